The summed E-state index contributed by atoms with van der Waals surface area (Å²) in [6, 6.07) is 5.85. The summed E-state index contributed by atoms with van der Waals surface area (Å²) in [5.74, 6) is 0. The average Bonchev–Trinajstić information content (AvgIpc) is 2.90. The van der Waals surface area contributed by atoms with E-state index in [-0.39, 0.29) is 6.09 Å². The molecule has 128 valence electrons. The van der Waals surface area contributed by atoms with Gasteiger partial charge < -0.3 is 9.64 Å². The first kappa shape index (κ1) is 18.4. The van der Waals surface area contributed by atoms with Crippen molar-refractivity contribution in [1.82, 2.24) is 9.80 Å². The van der Waals surface area contributed by atoms with Crippen LogP contribution in [-0.2, 0) is 11.3 Å². The van der Waals surface area contributed by atoms with Gasteiger partial charge in [-0.05, 0) is 51.9 Å². The zero-order valence-corrected chi connectivity index (χ0v) is 15.6. The molecule has 6 heteroatoms. The number of amides is 1. The van der Waals surface area contributed by atoms with E-state index in [0.29, 0.717) is 22.6 Å². The van der Waals surface area contributed by atoms with Crippen molar-refractivity contribution in [2.75, 3.05) is 20.1 Å². The molecule has 1 aliphatic heterocycles. The number of benzene rings is 1. The summed E-state index contributed by atoms with van der Waals surface area (Å²) in [4.78, 5) is 16.1. The van der Waals surface area contributed by atoms with Gasteiger partial charge in [-0.3, -0.25) is 4.90 Å². The minimum atomic E-state index is -0.460. The lowest BCUT2D eigenvalue weighted by atomic mass is 10.1. The fourth-order valence-electron chi connectivity index (χ4n) is 2.64. The molecule has 0 aliphatic carbocycles. The lowest BCUT2D eigenvalue weighted by Crippen LogP contribution is -2.38. The Morgan fingerprint density at radius 2 is 2.09 bits per heavy atom. The molecule has 23 heavy (non-hydrogen) atoms. The predicted molar refractivity (Wildman–Crippen MR) is 94.1 cm³/mol. The summed E-state index contributed by atoms with van der Waals surface area (Å²) in [5.41, 5.74) is 0.576. The lowest BCUT2D eigenvalue weighted by Gasteiger charge is -2.27. The zero-order valence-electron chi connectivity index (χ0n) is 14.1. The van der Waals surface area contributed by atoms with Crippen LogP contribution in [0.1, 0.15) is 32.8 Å². The number of likely N-dealkylation sites (tertiary alicyclic amines) is 1. The number of carbonyl (C=O) groups excluding carboxylic acids is 1. The molecule has 1 amide bonds. The Morgan fingerprint density at radius 1 is 1.39 bits per heavy atom. The third-order valence-electron chi connectivity index (χ3n) is 3.87. The van der Waals surface area contributed by atoms with Gasteiger partial charge in [0.15, 0.2) is 0 Å². The Bertz CT molecular complexity index is 572. The van der Waals surface area contributed by atoms with E-state index < -0.39 is 5.60 Å². The third kappa shape index (κ3) is 5.27. The van der Waals surface area contributed by atoms with E-state index in [1.807, 2.05) is 40.0 Å². The standard InChI is InChI=1S/C17H24Cl2N2O2/c1-17(2,3)23-16(22)21-8-7-14(11-21)20(4)10-12-5-6-13(18)9-15(12)19/h5-6,9,14H,7-8,10-11H2,1-4H3/t14-/m1/s1. The minimum Gasteiger partial charge on any atom is -0.444 e. The molecule has 0 spiro atoms. The fourth-order valence-corrected chi connectivity index (χ4v) is 3.11. The van der Waals surface area contributed by atoms with Crippen LogP contribution in [0.2, 0.25) is 10.0 Å². The molecule has 0 aromatic heterocycles. The topological polar surface area (TPSA) is 32.8 Å². The molecule has 1 fully saturated rings. The van der Waals surface area contributed by atoms with Crippen molar-refractivity contribution in [3.8, 4) is 0 Å². The highest BCUT2D eigenvalue weighted by Gasteiger charge is 2.31. The highest BCUT2D eigenvalue weighted by atomic mass is 35.5. The van der Waals surface area contributed by atoms with Crippen LogP contribution >= 0.6 is 23.2 Å². The molecular weight excluding hydrogens is 335 g/mol. The number of hydrogen-bond donors (Lipinski definition) is 0. The van der Waals surface area contributed by atoms with E-state index in [4.69, 9.17) is 27.9 Å². The number of carbonyl (C=O) groups is 1. The Morgan fingerprint density at radius 3 is 2.70 bits per heavy atom. The van der Waals surface area contributed by atoms with Gasteiger partial charge in [0.05, 0.1) is 0 Å². The van der Waals surface area contributed by atoms with Crippen LogP contribution in [-0.4, -0.2) is 47.7 Å². The largest absolute Gasteiger partial charge is 0.444 e. The average molecular weight is 359 g/mol. The Hall–Kier alpha value is -0.970. The van der Waals surface area contributed by atoms with Gasteiger partial charge >= 0.3 is 6.09 Å². The maximum Gasteiger partial charge on any atom is 0.410 e. The van der Waals surface area contributed by atoms with E-state index >= 15 is 0 Å². The molecule has 1 aromatic rings. The van der Waals surface area contributed by atoms with Gasteiger partial charge in [-0.25, -0.2) is 4.79 Å². The Kier molecular flexibility index (Phi) is 5.82. The molecule has 1 aliphatic rings. The summed E-state index contributed by atoms with van der Waals surface area (Å²) < 4.78 is 5.43. The monoisotopic (exact) mass is 358 g/mol. The summed E-state index contributed by atoms with van der Waals surface area (Å²) in [7, 11) is 2.05. The van der Waals surface area contributed by atoms with Gasteiger partial charge in [-0.15, -0.1) is 0 Å². The van der Waals surface area contributed by atoms with Crippen molar-refractivity contribution >= 4 is 29.3 Å². The zero-order chi connectivity index (χ0) is 17.2. The number of ether oxygens (including phenoxy) is 1. The molecule has 1 saturated heterocycles. The van der Waals surface area contributed by atoms with E-state index in [0.717, 1.165) is 25.1 Å². The number of likely N-dealkylation sites (N-methyl/N-ethyl adjacent to an activating group) is 1. The van der Waals surface area contributed by atoms with E-state index in [9.17, 15) is 4.79 Å². The highest BCUT2D eigenvalue weighted by molar-refractivity contribution is 6.35. The smallest absolute Gasteiger partial charge is 0.410 e. The van der Waals surface area contributed by atoms with Gasteiger partial charge in [0, 0.05) is 35.7 Å². The van der Waals surface area contributed by atoms with E-state index in [1.54, 1.807) is 11.0 Å². The van der Waals surface area contributed by atoms with E-state index in [1.165, 1.54) is 0 Å². The highest BCUT2D eigenvalue weighted by Crippen LogP contribution is 2.24. The first-order valence-corrected chi connectivity index (χ1v) is 8.53. The maximum absolute atomic E-state index is 12.1. The van der Waals surface area contributed by atoms with E-state index in [2.05, 4.69) is 4.90 Å². The SMILES string of the molecule is CN(Cc1ccc(Cl)cc1Cl)[C@@H]1CCN(C(=O)OC(C)(C)C)C1. The quantitative estimate of drug-likeness (QED) is 0.800. The van der Waals surface area contributed by atoms with Crippen LogP contribution in [0.3, 0.4) is 0 Å². The molecule has 1 heterocycles. The van der Waals surface area contributed by atoms with Crippen LogP contribution in [0.4, 0.5) is 4.79 Å². The van der Waals surface area contributed by atoms with Crippen LogP contribution in [0.25, 0.3) is 0 Å². The minimum absolute atomic E-state index is 0.238. The number of rotatable bonds is 3. The molecule has 0 N–H and O–H groups in total. The molecule has 0 saturated carbocycles. The molecule has 4 nitrogen and oxygen atoms in total. The third-order valence-corrected chi connectivity index (χ3v) is 4.46. The van der Waals surface area contributed by atoms with Crippen molar-refractivity contribution in [1.29, 1.82) is 0 Å². The number of hydrogen-bond acceptors (Lipinski definition) is 3. The van der Waals surface area contributed by atoms with Crippen molar-refractivity contribution in [3.05, 3.63) is 33.8 Å². The van der Waals surface area contributed by atoms with Crippen LogP contribution < -0.4 is 0 Å². The fraction of sp³-hybridized carbons (Fsp3) is 0.588. The van der Waals surface area contributed by atoms with Crippen molar-refractivity contribution < 1.29 is 9.53 Å². The van der Waals surface area contributed by atoms with Gasteiger partial charge in [0.1, 0.15) is 5.60 Å². The number of halogens is 2. The molecule has 0 unspecified atom stereocenters. The summed E-state index contributed by atoms with van der Waals surface area (Å²) in [5, 5.41) is 1.31. The van der Waals surface area contributed by atoms with Crippen LogP contribution in [0.15, 0.2) is 18.2 Å². The first-order chi connectivity index (χ1) is 10.7. The van der Waals surface area contributed by atoms with Gasteiger partial charge in [0.25, 0.3) is 0 Å². The van der Waals surface area contributed by atoms with Crippen molar-refractivity contribution in [2.24, 2.45) is 0 Å². The molecule has 1 atom stereocenters. The normalized spacial score (nSPS) is 18.6. The van der Waals surface area contributed by atoms with Crippen LogP contribution in [0.5, 0.6) is 0 Å². The summed E-state index contributed by atoms with van der Waals surface area (Å²) in [6.45, 7) is 7.77. The number of nitrogens with zero attached hydrogens (tertiary/aromatic N) is 2. The molecule has 2 rings (SSSR count). The van der Waals surface area contributed by atoms with Gasteiger partial charge in [0.2, 0.25) is 0 Å². The second-order valence-electron chi connectivity index (χ2n) is 7.02. The lowest BCUT2D eigenvalue weighted by molar-refractivity contribution is 0.0282. The first-order valence-electron chi connectivity index (χ1n) is 7.78. The second kappa shape index (κ2) is 7.29. The molecule has 0 radical (unpaired) electrons. The predicted octanol–water partition coefficient (Wildman–Crippen LogP) is 4.43. The Balaban J connectivity index is 1.92. The summed E-state index contributed by atoms with van der Waals surface area (Å²) in [6.07, 6.45) is 0.693. The molecule has 0 bridgehead atoms. The van der Waals surface area contributed by atoms with Gasteiger partial charge in [-0.2, -0.15) is 0 Å². The molecular formula is C17H24Cl2N2O2. The van der Waals surface area contributed by atoms with Gasteiger partial charge in [-0.1, -0.05) is 29.3 Å². The molecule has 1 aromatic carbocycles. The van der Waals surface area contributed by atoms with Crippen LogP contribution in [0, 0.1) is 0 Å². The maximum atomic E-state index is 12.1. The summed E-state index contributed by atoms with van der Waals surface area (Å²) >= 11 is 12.2. The second-order valence-corrected chi connectivity index (χ2v) is 7.86. The Labute approximate surface area is 148 Å². The van der Waals surface area contributed by atoms with Crippen molar-refractivity contribution in [2.45, 2.75) is 45.4 Å². The van der Waals surface area contributed by atoms with Crippen molar-refractivity contribution in [3.63, 3.8) is 0 Å².